The summed E-state index contributed by atoms with van der Waals surface area (Å²) in [6.45, 7) is 7.85. The van der Waals surface area contributed by atoms with Gasteiger partial charge in [-0.2, -0.15) is 4.37 Å². The fraction of sp³-hybridized carbons (Fsp3) is 0.773. The van der Waals surface area contributed by atoms with Gasteiger partial charge in [-0.15, -0.1) is 4.37 Å². The molecule has 1 aromatic rings. The Morgan fingerprint density at radius 3 is 2.87 bits per heavy atom. The molecule has 2 atom stereocenters. The lowest BCUT2D eigenvalue weighted by atomic mass is 10.0. The molecule has 3 heterocycles. The molecule has 2 aliphatic rings. The van der Waals surface area contributed by atoms with Gasteiger partial charge in [-0.05, 0) is 19.3 Å². The molecule has 0 bridgehead atoms. The Labute approximate surface area is 184 Å². The number of likely N-dealkylation sites (N-methyl/N-ethyl adjacent to an activating group) is 1. The van der Waals surface area contributed by atoms with Gasteiger partial charge >= 0.3 is 5.97 Å². The maximum absolute atomic E-state index is 12.6. The molecule has 1 saturated heterocycles. The average molecular weight is 439 g/mol. The normalized spacial score (nSPS) is 23.6. The Morgan fingerprint density at radius 2 is 2.10 bits per heavy atom. The van der Waals surface area contributed by atoms with Crippen LogP contribution in [0, 0.1) is 5.92 Å². The van der Waals surface area contributed by atoms with Crippen molar-refractivity contribution in [3.05, 3.63) is 11.8 Å². The summed E-state index contributed by atoms with van der Waals surface area (Å²) in [6.07, 6.45) is 9.10. The van der Waals surface area contributed by atoms with E-state index >= 15 is 0 Å². The van der Waals surface area contributed by atoms with Crippen molar-refractivity contribution in [1.29, 1.82) is 0 Å². The highest BCUT2D eigenvalue weighted by atomic mass is 32.1. The fourth-order valence-electron chi connectivity index (χ4n) is 4.04. The van der Waals surface area contributed by atoms with Gasteiger partial charge in [0, 0.05) is 32.1 Å². The molecule has 8 heteroatoms. The Bertz CT molecular complexity index is 717. The molecule has 7 nitrogen and oxygen atoms in total. The van der Waals surface area contributed by atoms with Crippen molar-refractivity contribution in [2.45, 2.75) is 65.0 Å². The van der Waals surface area contributed by atoms with E-state index in [9.17, 15) is 4.79 Å². The van der Waals surface area contributed by atoms with Gasteiger partial charge < -0.3 is 14.2 Å². The highest BCUT2D eigenvalue weighted by Crippen LogP contribution is 2.32. The van der Waals surface area contributed by atoms with E-state index in [4.69, 9.17) is 14.2 Å². The number of hydrogen-bond acceptors (Lipinski definition) is 7. The van der Waals surface area contributed by atoms with Gasteiger partial charge in [0.25, 0.3) is 5.88 Å². The maximum Gasteiger partial charge on any atom is 0.313 e. The third kappa shape index (κ3) is 6.02. The molecule has 2 unspecified atom stereocenters. The van der Waals surface area contributed by atoms with E-state index in [2.05, 4.69) is 28.8 Å². The third-order valence-corrected chi connectivity index (χ3v) is 6.79. The van der Waals surface area contributed by atoms with Crippen molar-refractivity contribution in [3.63, 3.8) is 0 Å². The summed E-state index contributed by atoms with van der Waals surface area (Å²) in [5.41, 5.74) is 1.98. The molecule has 1 fully saturated rings. The zero-order valence-electron chi connectivity index (χ0n) is 18.6. The first-order valence-corrected chi connectivity index (χ1v) is 12.0. The van der Waals surface area contributed by atoms with Crippen molar-refractivity contribution in [1.82, 2.24) is 8.75 Å². The van der Waals surface area contributed by atoms with E-state index in [-0.39, 0.29) is 18.1 Å². The molecule has 0 saturated carbocycles. The number of hydrogen-bond donors (Lipinski definition) is 0. The predicted octanol–water partition coefficient (Wildman–Crippen LogP) is 4.05. The number of ether oxygens (including phenoxy) is 3. The Balaban J connectivity index is 1.58. The van der Waals surface area contributed by atoms with Gasteiger partial charge in [0.1, 0.15) is 12.2 Å². The lowest BCUT2D eigenvalue weighted by Gasteiger charge is -2.41. The third-order valence-electron chi connectivity index (χ3n) is 6.28. The number of aromatic nitrogens is 2. The molecular formula is C22H36N3O4S+. The van der Waals surface area contributed by atoms with Gasteiger partial charge in [0.05, 0.1) is 37.8 Å². The first-order valence-electron chi connectivity index (χ1n) is 11.3. The highest BCUT2D eigenvalue weighted by Gasteiger charge is 2.38. The van der Waals surface area contributed by atoms with Crippen LogP contribution in [0.5, 0.6) is 5.88 Å². The Morgan fingerprint density at radius 1 is 1.30 bits per heavy atom. The minimum Gasteiger partial charge on any atom is -0.475 e. The monoisotopic (exact) mass is 438 g/mol. The summed E-state index contributed by atoms with van der Waals surface area (Å²) in [5.74, 6) is 0.513. The topological polar surface area (TPSA) is 70.5 Å². The van der Waals surface area contributed by atoms with E-state index < -0.39 is 0 Å². The second-order valence-corrected chi connectivity index (χ2v) is 9.16. The summed E-state index contributed by atoms with van der Waals surface area (Å²) in [6, 6.07) is 0. The number of nitrogens with zero attached hydrogens (tertiary/aromatic N) is 3. The number of carbonyl (C=O) groups excluding carboxylic acids is 1. The van der Waals surface area contributed by atoms with Crippen LogP contribution in [0.15, 0.2) is 6.08 Å². The molecule has 2 aliphatic heterocycles. The molecule has 1 aromatic heterocycles. The largest absolute Gasteiger partial charge is 0.475 e. The average Bonchev–Trinajstić information content (AvgIpc) is 3.23. The maximum atomic E-state index is 12.6. The van der Waals surface area contributed by atoms with Gasteiger partial charge in [-0.1, -0.05) is 32.3 Å². The molecule has 0 spiro atoms. The Kier molecular flexibility index (Phi) is 8.65. The summed E-state index contributed by atoms with van der Waals surface area (Å²) < 4.78 is 26.8. The smallest absolute Gasteiger partial charge is 0.313 e. The molecule has 0 N–H and O–H groups in total. The van der Waals surface area contributed by atoms with Crippen LogP contribution in [0.4, 0.5) is 0 Å². The second-order valence-electron chi connectivity index (χ2n) is 8.63. The van der Waals surface area contributed by atoms with Crippen LogP contribution in [0.3, 0.4) is 0 Å². The van der Waals surface area contributed by atoms with Crippen LogP contribution in [0.1, 0.15) is 64.5 Å². The van der Waals surface area contributed by atoms with E-state index in [0.717, 1.165) is 50.0 Å². The fourth-order valence-corrected chi connectivity index (χ4v) is 4.57. The molecule has 30 heavy (non-hydrogen) atoms. The van der Waals surface area contributed by atoms with Crippen molar-refractivity contribution >= 4 is 23.3 Å². The SMILES string of the molecule is CCCCCCOc1nsnc1C1=CCC[N+](C)(C(C)OC(=O)C2CCOCC2)C1. The number of unbranched alkanes of at least 4 members (excludes halogenated alkanes) is 3. The van der Waals surface area contributed by atoms with Crippen LogP contribution >= 0.6 is 11.7 Å². The summed E-state index contributed by atoms with van der Waals surface area (Å²) in [5, 5.41) is 0. The molecule has 0 radical (unpaired) electrons. The predicted molar refractivity (Wildman–Crippen MR) is 117 cm³/mol. The number of rotatable bonds is 10. The number of esters is 1. The van der Waals surface area contributed by atoms with E-state index in [0.29, 0.717) is 30.2 Å². The van der Waals surface area contributed by atoms with Crippen molar-refractivity contribution in [2.24, 2.45) is 5.92 Å². The number of carbonyl (C=O) groups is 1. The molecule has 0 amide bonds. The van der Waals surface area contributed by atoms with Gasteiger partial charge in [-0.3, -0.25) is 9.28 Å². The first-order chi connectivity index (χ1) is 14.5. The molecule has 0 aliphatic carbocycles. The molecular weight excluding hydrogens is 402 g/mol. The van der Waals surface area contributed by atoms with Gasteiger partial charge in [-0.25, -0.2) is 0 Å². The van der Waals surface area contributed by atoms with Crippen LogP contribution in [0.25, 0.3) is 5.57 Å². The lowest BCUT2D eigenvalue weighted by molar-refractivity contribution is -0.944. The van der Waals surface area contributed by atoms with Crippen molar-refractivity contribution < 1.29 is 23.5 Å². The number of quaternary nitrogens is 1. The zero-order chi connectivity index (χ0) is 21.4. The zero-order valence-corrected chi connectivity index (χ0v) is 19.4. The highest BCUT2D eigenvalue weighted by molar-refractivity contribution is 6.99. The van der Waals surface area contributed by atoms with E-state index in [1.165, 1.54) is 31.0 Å². The Hall–Kier alpha value is -1.51. The summed E-state index contributed by atoms with van der Waals surface area (Å²) >= 11 is 1.20. The van der Waals surface area contributed by atoms with Gasteiger partial charge in [0.2, 0.25) is 6.23 Å². The van der Waals surface area contributed by atoms with E-state index in [1.807, 2.05) is 6.92 Å². The van der Waals surface area contributed by atoms with E-state index in [1.54, 1.807) is 0 Å². The molecule has 3 rings (SSSR count). The molecule has 0 aromatic carbocycles. The minimum atomic E-state index is -0.214. The lowest BCUT2D eigenvalue weighted by Crippen LogP contribution is -2.55. The van der Waals surface area contributed by atoms with Crippen LogP contribution in [0.2, 0.25) is 0 Å². The second kappa shape index (κ2) is 11.2. The summed E-state index contributed by atoms with van der Waals surface area (Å²) in [4.78, 5) is 12.6. The van der Waals surface area contributed by atoms with Crippen molar-refractivity contribution in [3.8, 4) is 5.88 Å². The quantitative estimate of drug-likeness (QED) is 0.312. The minimum absolute atomic E-state index is 0.0388. The van der Waals surface area contributed by atoms with Crippen molar-refractivity contribution in [2.75, 3.05) is 40.0 Å². The first kappa shape index (κ1) is 23.2. The molecule has 168 valence electrons. The van der Waals surface area contributed by atoms with Crippen LogP contribution < -0.4 is 4.74 Å². The summed E-state index contributed by atoms with van der Waals surface area (Å²) in [7, 11) is 2.15. The van der Waals surface area contributed by atoms with Gasteiger partial charge in [0.15, 0.2) is 0 Å². The standard InChI is InChI=1S/C22H36N3O4S/c1-4-5-6-7-13-28-21-20(23-30-24-21)19-9-8-12-25(3,16-19)17(2)29-22(26)18-10-14-27-15-11-18/h9,17-18H,4-8,10-16H2,1-3H3/q+1. The van der Waals surface area contributed by atoms with Crippen LogP contribution in [-0.4, -0.2) is 65.4 Å². The van der Waals surface area contributed by atoms with Crippen LogP contribution in [-0.2, 0) is 14.3 Å².